The highest BCUT2D eigenvalue weighted by atomic mass is 16.5. The highest BCUT2D eigenvalue weighted by molar-refractivity contribution is 5.91. The van der Waals surface area contributed by atoms with E-state index in [-0.39, 0.29) is 5.57 Å². The van der Waals surface area contributed by atoms with Gasteiger partial charge in [0.2, 0.25) is 0 Å². The molecule has 0 saturated carbocycles. The van der Waals surface area contributed by atoms with Crippen molar-refractivity contribution < 1.29 is 4.74 Å². The molecule has 2 rings (SSSR count). The Morgan fingerprint density at radius 2 is 1.36 bits per heavy atom. The Hall–Kier alpha value is -2.79. The van der Waals surface area contributed by atoms with Gasteiger partial charge in [-0.05, 0) is 37.1 Å². The van der Waals surface area contributed by atoms with Crippen molar-refractivity contribution in [3.05, 3.63) is 35.4 Å². The van der Waals surface area contributed by atoms with Crippen molar-refractivity contribution in [2.24, 2.45) is 4.99 Å². The van der Waals surface area contributed by atoms with Crippen LogP contribution in [-0.4, -0.2) is 30.9 Å². The number of aliphatic imine (C=N–C) groups is 1. The van der Waals surface area contributed by atoms with Crippen LogP contribution >= 0.6 is 0 Å². The predicted octanol–water partition coefficient (Wildman–Crippen LogP) is 8.43. The van der Waals surface area contributed by atoms with Gasteiger partial charge in [0.1, 0.15) is 29.4 Å². The predicted molar refractivity (Wildman–Crippen MR) is 150 cm³/mol. The van der Waals surface area contributed by atoms with Gasteiger partial charge in [-0.1, -0.05) is 90.4 Å². The van der Waals surface area contributed by atoms with Gasteiger partial charge < -0.3 is 9.64 Å². The number of allylic oxidation sites excluding steroid dienone is 1. The second kappa shape index (κ2) is 18.5. The summed E-state index contributed by atoms with van der Waals surface area (Å²) in [6, 6.07) is 11.4. The molecule has 0 N–H and O–H groups in total. The molecular weight excluding hydrogens is 444 g/mol. The van der Waals surface area contributed by atoms with Crippen LogP contribution in [0.3, 0.4) is 0 Å². The topological polar surface area (TPSA) is 72.4 Å². The second-order valence-electron chi connectivity index (χ2n) is 9.89. The molecule has 0 spiro atoms. The number of amidine groups is 1. The van der Waals surface area contributed by atoms with Crippen molar-refractivity contribution in [2.45, 2.75) is 110 Å². The Morgan fingerprint density at radius 1 is 0.833 bits per heavy atom. The van der Waals surface area contributed by atoms with Crippen LogP contribution in [0.5, 0.6) is 5.75 Å². The third kappa shape index (κ3) is 10.9. The van der Waals surface area contributed by atoms with Gasteiger partial charge in [-0.25, -0.2) is 4.99 Å². The molecule has 1 aromatic rings. The molecule has 1 fully saturated rings. The summed E-state index contributed by atoms with van der Waals surface area (Å²) in [5, 5.41) is 19.0. The fraction of sp³-hybridized carbons (Fsp3) is 0.645. The standard InChI is InChI=1S/C31H46N4O/c1-3-4-5-6-7-8-9-10-11-12-13-14-15-16-23-35-24-17-18-30(35)34-31(28(25-32)26-33)27-19-21-29(36-2)22-20-27/h19-22H,3-18,23-24H2,1-2H3. The lowest BCUT2D eigenvalue weighted by Crippen LogP contribution is -2.26. The summed E-state index contributed by atoms with van der Waals surface area (Å²) in [6.45, 7) is 4.28. The third-order valence-electron chi connectivity index (χ3n) is 7.04. The number of nitriles is 2. The largest absolute Gasteiger partial charge is 0.497 e. The van der Waals surface area contributed by atoms with E-state index in [0.29, 0.717) is 5.70 Å². The van der Waals surface area contributed by atoms with Crippen molar-refractivity contribution in [1.29, 1.82) is 10.5 Å². The molecule has 1 heterocycles. The lowest BCUT2D eigenvalue weighted by molar-refractivity contribution is 0.415. The van der Waals surface area contributed by atoms with Gasteiger partial charge in [0.25, 0.3) is 0 Å². The number of hydrogen-bond acceptors (Lipinski definition) is 4. The Kier molecular flexibility index (Phi) is 15.1. The number of ether oxygens (including phenoxy) is 1. The highest BCUT2D eigenvalue weighted by Gasteiger charge is 2.20. The lowest BCUT2D eigenvalue weighted by atomic mass is 10.0. The van der Waals surface area contributed by atoms with Gasteiger partial charge in [0, 0.05) is 25.1 Å². The molecule has 0 radical (unpaired) electrons. The zero-order chi connectivity index (χ0) is 25.8. The van der Waals surface area contributed by atoms with E-state index in [1.165, 1.54) is 89.9 Å². The van der Waals surface area contributed by atoms with E-state index < -0.39 is 0 Å². The Morgan fingerprint density at radius 3 is 1.86 bits per heavy atom. The molecule has 5 heteroatoms. The molecular formula is C31H46N4O. The van der Waals surface area contributed by atoms with Crippen LogP contribution in [0.2, 0.25) is 0 Å². The maximum atomic E-state index is 9.50. The summed E-state index contributed by atoms with van der Waals surface area (Å²) < 4.78 is 5.24. The van der Waals surface area contributed by atoms with Crippen LogP contribution in [0.15, 0.2) is 34.8 Å². The summed E-state index contributed by atoms with van der Waals surface area (Å²) in [7, 11) is 1.62. The summed E-state index contributed by atoms with van der Waals surface area (Å²) in [5.74, 6) is 1.74. The van der Waals surface area contributed by atoms with Gasteiger partial charge in [0.15, 0.2) is 5.57 Å². The molecule has 0 bridgehead atoms. The lowest BCUT2D eigenvalue weighted by Gasteiger charge is -2.19. The maximum Gasteiger partial charge on any atom is 0.155 e. The first-order valence-electron chi connectivity index (χ1n) is 14.2. The zero-order valence-electron chi connectivity index (χ0n) is 22.7. The molecule has 0 unspecified atom stereocenters. The molecule has 0 atom stereocenters. The highest BCUT2D eigenvalue weighted by Crippen LogP contribution is 2.25. The van der Waals surface area contributed by atoms with Crippen LogP contribution in [0, 0.1) is 22.7 Å². The van der Waals surface area contributed by atoms with Crippen molar-refractivity contribution in [3.8, 4) is 17.9 Å². The van der Waals surface area contributed by atoms with E-state index >= 15 is 0 Å². The molecule has 36 heavy (non-hydrogen) atoms. The average Bonchev–Trinajstić information content (AvgIpc) is 3.36. The number of unbranched alkanes of at least 4 members (excludes halogenated alkanes) is 13. The van der Waals surface area contributed by atoms with Gasteiger partial charge in [-0.15, -0.1) is 0 Å². The molecule has 0 aromatic heterocycles. The van der Waals surface area contributed by atoms with Crippen LogP contribution in [0.1, 0.15) is 115 Å². The number of benzene rings is 1. The molecule has 196 valence electrons. The van der Waals surface area contributed by atoms with Crippen LogP contribution < -0.4 is 4.74 Å². The van der Waals surface area contributed by atoms with Gasteiger partial charge in [-0.2, -0.15) is 10.5 Å². The number of methoxy groups -OCH3 is 1. The average molecular weight is 491 g/mol. The smallest absolute Gasteiger partial charge is 0.155 e. The number of likely N-dealkylation sites (tertiary alicyclic amines) is 1. The summed E-state index contributed by atoms with van der Waals surface area (Å²) in [5.41, 5.74) is 1.28. The van der Waals surface area contributed by atoms with Gasteiger partial charge in [0.05, 0.1) is 7.11 Å². The summed E-state index contributed by atoms with van der Waals surface area (Å²) >= 11 is 0. The van der Waals surface area contributed by atoms with E-state index in [1.54, 1.807) is 7.11 Å². The first-order chi connectivity index (χ1) is 17.7. The van der Waals surface area contributed by atoms with Gasteiger partial charge >= 0.3 is 0 Å². The summed E-state index contributed by atoms with van der Waals surface area (Å²) in [6.07, 6.45) is 21.0. The number of nitrogens with zero attached hydrogens (tertiary/aromatic N) is 4. The molecule has 1 aliphatic rings. The maximum absolute atomic E-state index is 9.50. The van der Waals surface area contributed by atoms with E-state index in [2.05, 4.69) is 11.8 Å². The number of rotatable bonds is 18. The SMILES string of the molecule is CCCCCCCCCCCCCCCCN1CCCC1=NC(=C(C#N)C#N)c1ccc(OC)cc1. The van der Waals surface area contributed by atoms with Crippen molar-refractivity contribution in [3.63, 3.8) is 0 Å². The minimum Gasteiger partial charge on any atom is -0.497 e. The molecule has 1 saturated heterocycles. The number of hydrogen-bond donors (Lipinski definition) is 0. The second-order valence-corrected chi connectivity index (χ2v) is 9.89. The molecule has 0 aliphatic carbocycles. The third-order valence-corrected chi connectivity index (χ3v) is 7.04. The Balaban J connectivity index is 1.72. The van der Waals surface area contributed by atoms with Crippen molar-refractivity contribution in [1.82, 2.24) is 4.90 Å². The van der Waals surface area contributed by atoms with Gasteiger partial charge in [-0.3, -0.25) is 0 Å². The normalized spacial score (nSPS) is 14.0. The van der Waals surface area contributed by atoms with E-state index in [1.807, 2.05) is 36.4 Å². The van der Waals surface area contributed by atoms with Crippen LogP contribution in [0.25, 0.3) is 5.70 Å². The Labute approximate surface area is 219 Å². The molecule has 1 aliphatic heterocycles. The van der Waals surface area contributed by atoms with Crippen molar-refractivity contribution >= 4 is 11.5 Å². The fourth-order valence-electron chi connectivity index (χ4n) is 4.85. The van der Waals surface area contributed by atoms with Crippen LogP contribution in [0.4, 0.5) is 0 Å². The van der Waals surface area contributed by atoms with Crippen LogP contribution in [-0.2, 0) is 0 Å². The first kappa shape index (κ1) is 29.4. The van der Waals surface area contributed by atoms with E-state index in [4.69, 9.17) is 9.73 Å². The van der Waals surface area contributed by atoms with E-state index in [9.17, 15) is 10.5 Å². The minimum absolute atomic E-state index is 0.0519. The molecule has 5 nitrogen and oxygen atoms in total. The summed E-state index contributed by atoms with van der Waals surface area (Å²) in [4.78, 5) is 7.19. The molecule has 1 aromatic carbocycles. The van der Waals surface area contributed by atoms with Crippen molar-refractivity contribution in [2.75, 3.05) is 20.2 Å². The first-order valence-corrected chi connectivity index (χ1v) is 14.2. The zero-order valence-corrected chi connectivity index (χ0v) is 22.7. The molecule has 0 amide bonds. The minimum atomic E-state index is 0.0519. The monoisotopic (exact) mass is 490 g/mol. The van der Waals surface area contributed by atoms with E-state index in [0.717, 1.165) is 43.1 Å². The Bertz CT molecular complexity index is 873. The quantitative estimate of drug-likeness (QED) is 0.153. The fourth-order valence-corrected chi connectivity index (χ4v) is 4.85.